The van der Waals surface area contributed by atoms with E-state index in [1.165, 1.54) is 0 Å². The highest BCUT2D eigenvalue weighted by molar-refractivity contribution is 5.95. The normalized spacial score (nSPS) is 18.0. The Labute approximate surface area is 165 Å². The van der Waals surface area contributed by atoms with Crippen molar-refractivity contribution in [1.29, 1.82) is 0 Å². The van der Waals surface area contributed by atoms with Gasteiger partial charge in [-0.15, -0.1) is 0 Å². The number of aliphatic hydroxyl groups is 1. The molecule has 1 aliphatic rings. The maximum atomic E-state index is 13.0. The molecular weight excluding hydrogens is 354 g/mol. The van der Waals surface area contributed by atoms with Crippen LogP contribution in [0.4, 0.5) is 0 Å². The second-order valence-electron chi connectivity index (χ2n) is 7.33. The highest BCUT2D eigenvalue weighted by Crippen LogP contribution is 2.24. The first-order chi connectivity index (χ1) is 13.5. The summed E-state index contributed by atoms with van der Waals surface area (Å²) in [5.41, 5.74) is 7.50. The van der Waals surface area contributed by atoms with Crippen LogP contribution >= 0.6 is 0 Å². The van der Waals surface area contributed by atoms with Crippen molar-refractivity contribution in [3.05, 3.63) is 71.3 Å². The molecule has 0 bridgehead atoms. The zero-order valence-corrected chi connectivity index (χ0v) is 16.1. The molecule has 2 aromatic carbocycles. The number of β-amino-alcohol motifs (C(OH)–C–C–N with tert-alkyl or cyclic N) is 1. The molecule has 1 saturated heterocycles. The Morgan fingerprint density at radius 2 is 1.86 bits per heavy atom. The minimum Gasteiger partial charge on any atom is -0.392 e. The zero-order chi connectivity index (χ0) is 20.1. The number of amides is 2. The van der Waals surface area contributed by atoms with E-state index in [0.29, 0.717) is 24.2 Å². The van der Waals surface area contributed by atoms with Crippen LogP contribution < -0.4 is 5.73 Å². The van der Waals surface area contributed by atoms with Crippen LogP contribution in [-0.4, -0.2) is 59.5 Å². The number of likely N-dealkylation sites (tertiary alicyclic amines) is 1. The van der Waals surface area contributed by atoms with Gasteiger partial charge in [0.1, 0.15) is 0 Å². The number of primary amides is 1. The molecule has 2 unspecified atom stereocenters. The van der Waals surface area contributed by atoms with Crippen molar-refractivity contribution in [2.24, 2.45) is 5.73 Å². The van der Waals surface area contributed by atoms with Crippen LogP contribution in [0.5, 0.6) is 0 Å². The molecule has 148 valence electrons. The van der Waals surface area contributed by atoms with Gasteiger partial charge in [-0.3, -0.25) is 14.5 Å². The molecule has 6 nitrogen and oxygen atoms in total. The number of rotatable bonds is 7. The molecule has 3 N–H and O–H groups in total. The third kappa shape index (κ3) is 4.77. The Kier molecular flexibility index (Phi) is 6.44. The lowest BCUT2D eigenvalue weighted by molar-refractivity contribution is -0.131. The lowest BCUT2D eigenvalue weighted by Gasteiger charge is -2.32. The van der Waals surface area contributed by atoms with Crippen molar-refractivity contribution in [3.63, 3.8) is 0 Å². The summed E-state index contributed by atoms with van der Waals surface area (Å²) in [4.78, 5) is 28.6. The number of aliphatic hydroxyl groups excluding tert-OH is 1. The SMILES string of the molecule is CN(C(=O)Cc1ccccc1C(N)=O)C(CN1CCC(O)C1)c1ccccc1. The summed E-state index contributed by atoms with van der Waals surface area (Å²) in [7, 11) is 1.79. The second kappa shape index (κ2) is 8.99. The maximum absolute atomic E-state index is 13.0. The third-order valence-electron chi connectivity index (χ3n) is 5.35. The highest BCUT2D eigenvalue weighted by atomic mass is 16.3. The Bertz CT molecular complexity index is 825. The molecule has 0 aliphatic carbocycles. The quantitative estimate of drug-likeness (QED) is 0.763. The van der Waals surface area contributed by atoms with Crippen molar-refractivity contribution in [1.82, 2.24) is 9.80 Å². The fraction of sp³-hybridized carbons (Fsp3) is 0.364. The molecule has 6 heteroatoms. The maximum Gasteiger partial charge on any atom is 0.248 e. The van der Waals surface area contributed by atoms with E-state index >= 15 is 0 Å². The van der Waals surface area contributed by atoms with Gasteiger partial charge in [-0.2, -0.15) is 0 Å². The molecular formula is C22H27N3O3. The molecule has 2 aromatic rings. The second-order valence-corrected chi connectivity index (χ2v) is 7.33. The van der Waals surface area contributed by atoms with Crippen LogP contribution in [0.25, 0.3) is 0 Å². The van der Waals surface area contributed by atoms with E-state index in [1.807, 2.05) is 30.3 Å². The van der Waals surface area contributed by atoms with Crippen molar-refractivity contribution in [2.75, 3.05) is 26.7 Å². The van der Waals surface area contributed by atoms with Gasteiger partial charge in [0.25, 0.3) is 0 Å². The first-order valence-corrected chi connectivity index (χ1v) is 9.54. The van der Waals surface area contributed by atoms with Gasteiger partial charge in [0, 0.05) is 32.2 Å². The monoisotopic (exact) mass is 381 g/mol. The van der Waals surface area contributed by atoms with Crippen LogP contribution in [0.15, 0.2) is 54.6 Å². The molecule has 0 spiro atoms. The van der Waals surface area contributed by atoms with Crippen LogP contribution in [0.1, 0.15) is 33.9 Å². The highest BCUT2D eigenvalue weighted by Gasteiger charge is 2.28. The smallest absolute Gasteiger partial charge is 0.248 e. The van der Waals surface area contributed by atoms with E-state index in [0.717, 1.165) is 18.5 Å². The summed E-state index contributed by atoms with van der Waals surface area (Å²) in [6.07, 6.45) is 0.562. The van der Waals surface area contributed by atoms with Gasteiger partial charge < -0.3 is 15.7 Å². The van der Waals surface area contributed by atoms with Gasteiger partial charge in [-0.1, -0.05) is 48.5 Å². The molecule has 0 radical (unpaired) electrons. The first-order valence-electron chi connectivity index (χ1n) is 9.54. The van der Waals surface area contributed by atoms with Crippen molar-refractivity contribution in [3.8, 4) is 0 Å². The minimum atomic E-state index is -0.531. The van der Waals surface area contributed by atoms with Crippen LogP contribution in [-0.2, 0) is 11.2 Å². The molecule has 2 atom stereocenters. The number of likely N-dealkylation sites (N-methyl/N-ethyl adjacent to an activating group) is 1. The molecule has 28 heavy (non-hydrogen) atoms. The van der Waals surface area contributed by atoms with Gasteiger partial charge in [-0.05, 0) is 23.6 Å². The molecule has 0 saturated carbocycles. The van der Waals surface area contributed by atoms with Crippen molar-refractivity contribution >= 4 is 11.8 Å². The number of carbonyl (C=O) groups excluding carboxylic acids is 2. The summed E-state index contributed by atoms with van der Waals surface area (Å²) < 4.78 is 0. The number of benzene rings is 2. The first kappa shape index (κ1) is 20.0. The number of nitrogens with two attached hydrogens (primary N) is 1. The Balaban J connectivity index is 1.79. The van der Waals surface area contributed by atoms with Gasteiger partial charge in [0.05, 0.1) is 18.6 Å². The number of carbonyl (C=O) groups is 2. The van der Waals surface area contributed by atoms with Gasteiger partial charge in [0.15, 0.2) is 0 Å². The Morgan fingerprint density at radius 3 is 2.50 bits per heavy atom. The summed E-state index contributed by atoms with van der Waals surface area (Å²) in [6.45, 7) is 2.09. The average Bonchev–Trinajstić information content (AvgIpc) is 3.11. The van der Waals surface area contributed by atoms with Crippen LogP contribution in [0, 0.1) is 0 Å². The summed E-state index contributed by atoms with van der Waals surface area (Å²) >= 11 is 0. The van der Waals surface area contributed by atoms with E-state index < -0.39 is 5.91 Å². The standard InChI is InChI=1S/C22H27N3O3/c1-24(21(27)13-17-9-5-6-10-19(17)22(23)28)20(16-7-3-2-4-8-16)15-25-12-11-18(26)14-25/h2-10,18,20,26H,11-15H2,1H3,(H2,23,28). The number of hydrogen-bond donors (Lipinski definition) is 2. The van der Waals surface area contributed by atoms with E-state index in [4.69, 9.17) is 5.73 Å². The third-order valence-corrected chi connectivity index (χ3v) is 5.35. The van der Waals surface area contributed by atoms with E-state index in [-0.39, 0.29) is 24.5 Å². The number of hydrogen-bond acceptors (Lipinski definition) is 4. The summed E-state index contributed by atoms with van der Waals surface area (Å²) in [5, 5.41) is 9.84. The Morgan fingerprint density at radius 1 is 1.18 bits per heavy atom. The summed E-state index contributed by atoms with van der Waals surface area (Å²) in [6, 6.07) is 16.7. The predicted octanol–water partition coefficient (Wildman–Crippen LogP) is 1.59. The largest absolute Gasteiger partial charge is 0.392 e. The number of nitrogens with zero attached hydrogens (tertiary/aromatic N) is 2. The lowest BCUT2D eigenvalue weighted by atomic mass is 10.0. The zero-order valence-electron chi connectivity index (χ0n) is 16.1. The average molecular weight is 381 g/mol. The topological polar surface area (TPSA) is 86.9 Å². The molecule has 1 aliphatic heterocycles. The lowest BCUT2D eigenvalue weighted by Crippen LogP contribution is -2.39. The van der Waals surface area contributed by atoms with E-state index in [1.54, 1.807) is 36.2 Å². The molecule has 1 heterocycles. The van der Waals surface area contributed by atoms with Gasteiger partial charge in [-0.25, -0.2) is 0 Å². The molecule has 0 aromatic heterocycles. The van der Waals surface area contributed by atoms with Crippen molar-refractivity contribution < 1.29 is 14.7 Å². The summed E-state index contributed by atoms with van der Waals surface area (Å²) in [5.74, 6) is -0.612. The van der Waals surface area contributed by atoms with Crippen molar-refractivity contribution in [2.45, 2.75) is 25.0 Å². The predicted molar refractivity (Wildman–Crippen MR) is 108 cm³/mol. The fourth-order valence-corrected chi connectivity index (χ4v) is 3.73. The van der Waals surface area contributed by atoms with E-state index in [2.05, 4.69) is 4.90 Å². The molecule has 2 amide bonds. The van der Waals surface area contributed by atoms with Crippen LogP contribution in [0.2, 0.25) is 0 Å². The Hall–Kier alpha value is -2.70. The van der Waals surface area contributed by atoms with Gasteiger partial charge in [0.2, 0.25) is 11.8 Å². The minimum absolute atomic E-state index is 0.0812. The van der Waals surface area contributed by atoms with Crippen LogP contribution in [0.3, 0.4) is 0 Å². The molecule has 1 fully saturated rings. The van der Waals surface area contributed by atoms with Gasteiger partial charge >= 0.3 is 0 Å². The molecule has 3 rings (SSSR count). The van der Waals surface area contributed by atoms with E-state index in [9.17, 15) is 14.7 Å². The fourth-order valence-electron chi connectivity index (χ4n) is 3.73.